The van der Waals surface area contributed by atoms with Crippen molar-refractivity contribution in [2.45, 2.75) is 71.3 Å². The third-order valence-corrected chi connectivity index (χ3v) is 6.30. The zero-order valence-corrected chi connectivity index (χ0v) is 18.3. The number of urea groups is 1. The molecule has 29 heavy (non-hydrogen) atoms. The number of halogens is 1. The molecule has 5 nitrogen and oxygen atoms in total. The van der Waals surface area contributed by atoms with Crippen LogP contribution >= 0.6 is 11.6 Å². The van der Waals surface area contributed by atoms with E-state index in [2.05, 4.69) is 38.2 Å². The Bertz CT molecular complexity index is 828. The molecule has 2 amide bonds. The standard InChI is InChI=1S/C23H31ClN2O3/c1-22(2,3)12-9-16-7-8-17(14-19(16)24)23-11-5-4-6-18(23)15-26(21(29)25-23)13-10-20(27)28/h7-8,14-15H,4-6,9-13H2,1-3H3,(H,25,29)(H,27,28). The number of benzene rings is 1. The van der Waals surface area contributed by atoms with Crippen molar-refractivity contribution in [3.63, 3.8) is 0 Å². The molecule has 1 fully saturated rings. The second-order valence-corrected chi connectivity index (χ2v) is 9.81. The summed E-state index contributed by atoms with van der Waals surface area (Å²) in [4.78, 5) is 25.1. The first-order valence-corrected chi connectivity index (χ1v) is 10.8. The minimum absolute atomic E-state index is 0.0709. The highest BCUT2D eigenvalue weighted by Crippen LogP contribution is 2.44. The fourth-order valence-electron chi connectivity index (χ4n) is 4.21. The van der Waals surface area contributed by atoms with Crippen LogP contribution in [0.2, 0.25) is 5.02 Å². The molecule has 2 N–H and O–H groups in total. The van der Waals surface area contributed by atoms with Gasteiger partial charge < -0.3 is 15.3 Å². The van der Waals surface area contributed by atoms with Crippen LogP contribution in [0.15, 0.2) is 30.0 Å². The van der Waals surface area contributed by atoms with Crippen molar-refractivity contribution in [1.29, 1.82) is 0 Å². The van der Waals surface area contributed by atoms with E-state index >= 15 is 0 Å². The van der Waals surface area contributed by atoms with Gasteiger partial charge in [-0.25, -0.2) is 4.79 Å². The number of hydrogen-bond acceptors (Lipinski definition) is 2. The van der Waals surface area contributed by atoms with Gasteiger partial charge in [-0.2, -0.15) is 0 Å². The molecule has 1 aliphatic heterocycles. The second-order valence-electron chi connectivity index (χ2n) is 9.40. The monoisotopic (exact) mass is 418 g/mol. The number of fused-ring (bicyclic) bond motifs is 1. The van der Waals surface area contributed by atoms with Crippen LogP contribution < -0.4 is 5.32 Å². The van der Waals surface area contributed by atoms with Gasteiger partial charge in [0, 0.05) is 17.8 Å². The summed E-state index contributed by atoms with van der Waals surface area (Å²) in [6, 6.07) is 5.94. The summed E-state index contributed by atoms with van der Waals surface area (Å²) in [5.74, 6) is -0.908. The predicted molar refractivity (Wildman–Crippen MR) is 115 cm³/mol. The van der Waals surface area contributed by atoms with Crippen LogP contribution in [-0.4, -0.2) is 28.6 Å². The molecule has 0 saturated heterocycles. The number of amides is 2. The number of nitrogens with one attached hydrogen (secondary N) is 1. The molecular formula is C23H31ClN2O3. The molecule has 6 heteroatoms. The zero-order valence-electron chi connectivity index (χ0n) is 17.6. The maximum atomic E-state index is 12.7. The van der Waals surface area contributed by atoms with Crippen molar-refractivity contribution >= 4 is 23.6 Å². The van der Waals surface area contributed by atoms with Crippen molar-refractivity contribution < 1.29 is 14.7 Å². The molecule has 1 aliphatic carbocycles. The van der Waals surface area contributed by atoms with Crippen LogP contribution in [0.3, 0.4) is 0 Å². The summed E-state index contributed by atoms with van der Waals surface area (Å²) < 4.78 is 0. The number of hydrogen-bond donors (Lipinski definition) is 2. The van der Waals surface area contributed by atoms with Gasteiger partial charge in [0.2, 0.25) is 0 Å². The summed E-state index contributed by atoms with van der Waals surface area (Å²) in [5.41, 5.74) is 2.98. The maximum Gasteiger partial charge on any atom is 0.322 e. The van der Waals surface area contributed by atoms with Crippen LogP contribution in [-0.2, 0) is 16.8 Å². The van der Waals surface area contributed by atoms with E-state index in [0.29, 0.717) is 0 Å². The molecule has 0 radical (unpaired) electrons. The fourth-order valence-corrected chi connectivity index (χ4v) is 4.48. The van der Waals surface area contributed by atoms with Gasteiger partial charge in [0.15, 0.2) is 0 Å². The number of nitrogens with zero attached hydrogens (tertiary/aromatic N) is 1. The van der Waals surface area contributed by atoms with E-state index in [1.165, 1.54) is 4.90 Å². The number of rotatable bonds is 6. The van der Waals surface area contributed by atoms with E-state index in [1.54, 1.807) is 0 Å². The Labute approximate surface area is 178 Å². The lowest BCUT2D eigenvalue weighted by molar-refractivity contribution is -0.137. The molecule has 1 atom stereocenters. The minimum Gasteiger partial charge on any atom is -0.481 e. The maximum absolute atomic E-state index is 12.7. The van der Waals surface area contributed by atoms with Crippen molar-refractivity contribution in [3.8, 4) is 0 Å². The zero-order chi connectivity index (χ0) is 21.2. The van der Waals surface area contributed by atoms with Crippen LogP contribution in [0.4, 0.5) is 4.79 Å². The van der Waals surface area contributed by atoms with Gasteiger partial charge in [0.25, 0.3) is 0 Å². The number of carboxylic acids is 1. The summed E-state index contributed by atoms with van der Waals surface area (Å²) in [7, 11) is 0. The largest absolute Gasteiger partial charge is 0.481 e. The molecule has 1 aromatic carbocycles. The van der Waals surface area contributed by atoms with Gasteiger partial charge in [-0.15, -0.1) is 0 Å². The molecule has 2 aliphatic rings. The van der Waals surface area contributed by atoms with Crippen molar-refractivity contribution in [3.05, 3.63) is 46.1 Å². The Balaban J connectivity index is 1.89. The molecule has 1 aromatic rings. The molecule has 158 valence electrons. The lowest BCUT2D eigenvalue weighted by Crippen LogP contribution is -2.56. The molecule has 3 rings (SSSR count). The van der Waals surface area contributed by atoms with Crippen LogP contribution in [0, 0.1) is 5.41 Å². The van der Waals surface area contributed by atoms with Crippen molar-refractivity contribution in [2.24, 2.45) is 5.41 Å². The minimum atomic E-state index is -0.908. The Morgan fingerprint density at radius 2 is 2.07 bits per heavy atom. The summed E-state index contributed by atoms with van der Waals surface area (Å²) in [5, 5.41) is 12.9. The van der Waals surface area contributed by atoms with E-state index in [4.69, 9.17) is 16.7 Å². The summed E-state index contributed by atoms with van der Waals surface area (Å²) in [6.07, 6.45) is 7.57. The van der Waals surface area contributed by atoms with Gasteiger partial charge in [0.1, 0.15) is 0 Å². The first-order valence-electron chi connectivity index (χ1n) is 10.4. The Kier molecular flexibility index (Phi) is 6.27. The third kappa shape index (κ3) is 4.95. The fraction of sp³-hybridized carbons (Fsp3) is 0.565. The lowest BCUT2D eigenvalue weighted by Gasteiger charge is -2.45. The summed E-state index contributed by atoms with van der Waals surface area (Å²) in [6.45, 7) is 6.84. The third-order valence-electron chi connectivity index (χ3n) is 5.95. The molecule has 0 aromatic heterocycles. The molecular weight excluding hydrogens is 388 g/mol. The second kappa shape index (κ2) is 8.39. The Hall–Kier alpha value is -2.01. The number of carboxylic acid groups (broad SMARTS) is 1. The van der Waals surface area contributed by atoms with Gasteiger partial charge in [-0.1, -0.05) is 50.9 Å². The number of aliphatic carboxylic acids is 1. The molecule has 1 heterocycles. The van der Waals surface area contributed by atoms with E-state index in [0.717, 1.165) is 60.2 Å². The topological polar surface area (TPSA) is 69.6 Å². The van der Waals surface area contributed by atoms with Crippen LogP contribution in [0.25, 0.3) is 0 Å². The smallest absolute Gasteiger partial charge is 0.322 e. The Morgan fingerprint density at radius 3 is 2.72 bits per heavy atom. The lowest BCUT2D eigenvalue weighted by atomic mass is 9.72. The Morgan fingerprint density at radius 1 is 1.31 bits per heavy atom. The average molecular weight is 419 g/mol. The first kappa shape index (κ1) is 21.7. The number of aryl methyl sites for hydroxylation is 1. The quantitative estimate of drug-likeness (QED) is 0.643. The first-order chi connectivity index (χ1) is 13.6. The molecule has 0 bridgehead atoms. The summed E-state index contributed by atoms with van der Waals surface area (Å²) >= 11 is 6.65. The average Bonchev–Trinajstić information content (AvgIpc) is 2.64. The van der Waals surface area contributed by atoms with Crippen LogP contribution in [0.5, 0.6) is 0 Å². The van der Waals surface area contributed by atoms with Crippen molar-refractivity contribution in [2.75, 3.05) is 6.54 Å². The van der Waals surface area contributed by atoms with Gasteiger partial charge in [0.05, 0.1) is 12.0 Å². The molecule has 0 spiro atoms. The SMILES string of the molecule is CC(C)(C)CCc1ccc(C23CCCCC2=CN(CCC(=O)O)C(=O)N3)cc1Cl. The van der Waals surface area contributed by atoms with E-state index < -0.39 is 11.5 Å². The predicted octanol–water partition coefficient (Wildman–Crippen LogP) is 5.47. The van der Waals surface area contributed by atoms with Gasteiger partial charge in [-0.3, -0.25) is 4.79 Å². The highest BCUT2D eigenvalue weighted by atomic mass is 35.5. The molecule has 1 saturated carbocycles. The molecule has 1 unspecified atom stereocenters. The van der Waals surface area contributed by atoms with Gasteiger partial charge in [-0.05, 0) is 60.3 Å². The van der Waals surface area contributed by atoms with Crippen LogP contribution in [0.1, 0.15) is 70.4 Å². The highest BCUT2D eigenvalue weighted by Gasteiger charge is 2.43. The number of carbonyl (C=O) groups is 2. The van der Waals surface area contributed by atoms with E-state index in [-0.39, 0.29) is 24.4 Å². The highest BCUT2D eigenvalue weighted by molar-refractivity contribution is 6.31. The van der Waals surface area contributed by atoms with E-state index in [1.807, 2.05) is 12.3 Å². The van der Waals surface area contributed by atoms with Crippen molar-refractivity contribution in [1.82, 2.24) is 10.2 Å². The normalized spacial score (nSPS) is 22.0. The van der Waals surface area contributed by atoms with Gasteiger partial charge >= 0.3 is 12.0 Å². The van der Waals surface area contributed by atoms with E-state index in [9.17, 15) is 9.59 Å². The number of carbonyl (C=O) groups excluding carboxylic acids is 1.